The average molecular weight is 591 g/mol. The Kier molecular flexibility index (Phi) is 6.06. The third-order valence-corrected chi connectivity index (χ3v) is 8.43. The summed E-state index contributed by atoms with van der Waals surface area (Å²) in [5, 5.41) is 2.02. The van der Waals surface area contributed by atoms with Gasteiger partial charge in [0.05, 0.1) is 22.4 Å². The molecule has 0 bridgehead atoms. The summed E-state index contributed by atoms with van der Waals surface area (Å²) in [5.41, 5.74) is 10.4. The van der Waals surface area contributed by atoms with E-state index in [2.05, 4.69) is 83.4 Å². The van der Waals surface area contributed by atoms with Gasteiger partial charge in [-0.25, -0.2) is 15.0 Å². The third kappa shape index (κ3) is 4.37. The van der Waals surface area contributed by atoms with E-state index >= 15 is 0 Å². The molecule has 6 aromatic carbocycles. The number of hydrogen-bond donors (Lipinski definition) is 0. The monoisotopic (exact) mass is 590 g/mol. The van der Waals surface area contributed by atoms with Crippen LogP contribution in [0.25, 0.3) is 83.9 Å². The van der Waals surface area contributed by atoms with E-state index in [1.807, 2.05) is 78.9 Å². The van der Waals surface area contributed by atoms with Gasteiger partial charge in [-0.2, -0.15) is 0 Å². The number of benzene rings is 6. The standard InChI is InChI=1S/C41H26N4O/c1-4-13-27(14-5-1)34-26-35(43-40(42-34)28-15-6-2-7-16-28)31-19-12-22-38-39(31)32-25-29(23-24-37(32)46-38)41-44-33-20-10-11-21-36(33)45(41)30-17-8-3-9-18-30/h1-26H. The summed E-state index contributed by atoms with van der Waals surface area (Å²) in [7, 11) is 0. The summed E-state index contributed by atoms with van der Waals surface area (Å²) >= 11 is 0. The summed E-state index contributed by atoms with van der Waals surface area (Å²) in [6, 6.07) is 53.6. The van der Waals surface area contributed by atoms with E-state index in [4.69, 9.17) is 19.4 Å². The second-order valence-electron chi connectivity index (χ2n) is 11.3. The van der Waals surface area contributed by atoms with E-state index in [1.165, 1.54) is 0 Å². The minimum absolute atomic E-state index is 0.680. The van der Waals surface area contributed by atoms with Crippen molar-refractivity contribution in [3.63, 3.8) is 0 Å². The van der Waals surface area contributed by atoms with Gasteiger partial charge in [0.1, 0.15) is 17.0 Å². The van der Waals surface area contributed by atoms with Crippen molar-refractivity contribution in [2.45, 2.75) is 0 Å². The van der Waals surface area contributed by atoms with E-state index in [0.29, 0.717) is 5.82 Å². The van der Waals surface area contributed by atoms with Gasteiger partial charge in [-0.1, -0.05) is 103 Å². The molecular formula is C41H26N4O. The SMILES string of the molecule is c1ccc(-c2cc(-c3cccc4oc5ccc(-c6nc7ccccc7n6-c6ccccc6)cc5c34)nc(-c3ccccc3)n2)cc1. The molecule has 3 heterocycles. The highest BCUT2D eigenvalue weighted by Crippen LogP contribution is 2.40. The summed E-state index contributed by atoms with van der Waals surface area (Å²) < 4.78 is 8.66. The van der Waals surface area contributed by atoms with Gasteiger partial charge in [-0.3, -0.25) is 4.57 Å². The Morgan fingerprint density at radius 3 is 1.98 bits per heavy atom. The van der Waals surface area contributed by atoms with Gasteiger partial charge in [0.2, 0.25) is 0 Å². The molecule has 9 rings (SSSR count). The minimum atomic E-state index is 0.680. The van der Waals surface area contributed by atoms with E-state index < -0.39 is 0 Å². The Labute approximate surface area is 265 Å². The second-order valence-corrected chi connectivity index (χ2v) is 11.3. The topological polar surface area (TPSA) is 56.7 Å². The first-order valence-corrected chi connectivity index (χ1v) is 15.3. The molecule has 0 saturated carbocycles. The predicted octanol–water partition coefficient (Wildman–Crippen LogP) is 10.4. The van der Waals surface area contributed by atoms with Gasteiger partial charge < -0.3 is 4.42 Å². The Balaban J connectivity index is 1.28. The fourth-order valence-electron chi connectivity index (χ4n) is 6.30. The van der Waals surface area contributed by atoms with Crippen molar-refractivity contribution in [2.24, 2.45) is 0 Å². The number of hydrogen-bond acceptors (Lipinski definition) is 4. The smallest absolute Gasteiger partial charge is 0.160 e. The van der Waals surface area contributed by atoms with Crippen LogP contribution in [0.1, 0.15) is 0 Å². The quantitative estimate of drug-likeness (QED) is 0.200. The molecule has 0 aliphatic rings. The first-order chi connectivity index (χ1) is 22.8. The lowest BCUT2D eigenvalue weighted by atomic mass is 10.0. The number of rotatable bonds is 5. The van der Waals surface area contributed by atoms with Crippen LogP contribution >= 0.6 is 0 Å². The van der Waals surface area contributed by atoms with Crippen LogP contribution < -0.4 is 0 Å². The summed E-state index contributed by atoms with van der Waals surface area (Å²) in [4.78, 5) is 15.2. The molecule has 0 spiro atoms. The maximum Gasteiger partial charge on any atom is 0.160 e. The van der Waals surface area contributed by atoms with Crippen LogP contribution in [0.4, 0.5) is 0 Å². The molecule has 0 aliphatic heterocycles. The molecule has 0 radical (unpaired) electrons. The number of para-hydroxylation sites is 3. The Hall–Kier alpha value is -6.33. The lowest BCUT2D eigenvalue weighted by molar-refractivity contribution is 0.669. The van der Waals surface area contributed by atoms with Crippen LogP contribution in [-0.2, 0) is 0 Å². The highest BCUT2D eigenvalue weighted by molar-refractivity contribution is 6.13. The van der Waals surface area contributed by atoms with Gasteiger partial charge in [-0.15, -0.1) is 0 Å². The fraction of sp³-hybridized carbons (Fsp3) is 0. The van der Waals surface area contributed by atoms with Crippen molar-refractivity contribution < 1.29 is 4.42 Å². The molecule has 0 amide bonds. The van der Waals surface area contributed by atoms with E-state index in [9.17, 15) is 0 Å². The molecule has 0 aliphatic carbocycles. The normalized spacial score (nSPS) is 11.5. The van der Waals surface area contributed by atoms with Gasteiger partial charge in [0.15, 0.2) is 5.82 Å². The van der Waals surface area contributed by atoms with Crippen LogP contribution in [0.15, 0.2) is 162 Å². The minimum Gasteiger partial charge on any atom is -0.456 e. The number of imidazole rings is 1. The molecule has 5 heteroatoms. The van der Waals surface area contributed by atoms with Crippen LogP contribution in [0.5, 0.6) is 0 Å². The van der Waals surface area contributed by atoms with Crippen molar-refractivity contribution in [3.8, 4) is 51.0 Å². The van der Waals surface area contributed by atoms with Crippen LogP contribution in [0.2, 0.25) is 0 Å². The Bertz CT molecular complexity index is 2460. The fourth-order valence-corrected chi connectivity index (χ4v) is 6.30. The molecule has 0 saturated heterocycles. The van der Waals surface area contributed by atoms with E-state index in [-0.39, 0.29) is 0 Å². The number of nitrogens with zero attached hydrogens (tertiary/aromatic N) is 4. The summed E-state index contributed by atoms with van der Waals surface area (Å²) in [6.07, 6.45) is 0. The Morgan fingerprint density at radius 1 is 0.478 bits per heavy atom. The number of fused-ring (bicyclic) bond motifs is 4. The maximum atomic E-state index is 6.44. The lowest BCUT2D eigenvalue weighted by Crippen LogP contribution is -1.97. The van der Waals surface area contributed by atoms with Crippen LogP contribution in [0, 0.1) is 0 Å². The first kappa shape index (κ1) is 26.1. The van der Waals surface area contributed by atoms with E-state index in [1.54, 1.807) is 0 Å². The van der Waals surface area contributed by atoms with Crippen LogP contribution in [0.3, 0.4) is 0 Å². The number of furan rings is 1. The average Bonchev–Trinajstić information content (AvgIpc) is 3.71. The largest absolute Gasteiger partial charge is 0.456 e. The zero-order valence-corrected chi connectivity index (χ0v) is 24.7. The van der Waals surface area contributed by atoms with Crippen molar-refractivity contribution in [1.82, 2.24) is 19.5 Å². The van der Waals surface area contributed by atoms with Gasteiger partial charge in [0, 0.05) is 38.7 Å². The third-order valence-electron chi connectivity index (χ3n) is 8.43. The number of aromatic nitrogens is 4. The van der Waals surface area contributed by atoms with Crippen LogP contribution in [-0.4, -0.2) is 19.5 Å². The zero-order valence-electron chi connectivity index (χ0n) is 24.7. The van der Waals surface area contributed by atoms with E-state index in [0.717, 1.165) is 78.1 Å². The molecule has 3 aromatic heterocycles. The molecule has 0 N–H and O–H groups in total. The molecule has 0 atom stereocenters. The molecule has 0 unspecified atom stereocenters. The highest BCUT2D eigenvalue weighted by Gasteiger charge is 2.19. The lowest BCUT2D eigenvalue weighted by Gasteiger charge is -2.11. The summed E-state index contributed by atoms with van der Waals surface area (Å²) in [6.45, 7) is 0. The Morgan fingerprint density at radius 2 is 1.17 bits per heavy atom. The predicted molar refractivity (Wildman–Crippen MR) is 186 cm³/mol. The molecule has 5 nitrogen and oxygen atoms in total. The van der Waals surface area contributed by atoms with Crippen molar-refractivity contribution >= 4 is 33.0 Å². The molecule has 46 heavy (non-hydrogen) atoms. The van der Waals surface area contributed by atoms with Gasteiger partial charge in [-0.05, 0) is 54.6 Å². The molecular weight excluding hydrogens is 564 g/mol. The van der Waals surface area contributed by atoms with Crippen molar-refractivity contribution in [3.05, 3.63) is 158 Å². The molecule has 216 valence electrons. The first-order valence-electron chi connectivity index (χ1n) is 15.3. The van der Waals surface area contributed by atoms with Gasteiger partial charge >= 0.3 is 0 Å². The summed E-state index contributed by atoms with van der Waals surface area (Å²) in [5.74, 6) is 1.56. The maximum absolute atomic E-state index is 6.44. The molecule has 0 fully saturated rings. The van der Waals surface area contributed by atoms with Crippen molar-refractivity contribution in [2.75, 3.05) is 0 Å². The highest BCUT2D eigenvalue weighted by atomic mass is 16.3. The van der Waals surface area contributed by atoms with Gasteiger partial charge in [0.25, 0.3) is 0 Å². The zero-order chi connectivity index (χ0) is 30.5. The second kappa shape index (κ2) is 10.7. The molecule has 9 aromatic rings. The van der Waals surface area contributed by atoms with Crippen molar-refractivity contribution in [1.29, 1.82) is 0 Å².